The number of fused-ring (bicyclic) bond motifs is 3. The zero-order chi connectivity index (χ0) is 16.4. The maximum atomic E-state index is 5.98. The van der Waals surface area contributed by atoms with Crippen LogP contribution in [0.3, 0.4) is 0 Å². The third-order valence-corrected chi connectivity index (χ3v) is 4.66. The fraction of sp³-hybridized carbons (Fsp3) is 0.429. The molecular formula is C21H26O2. The molecule has 2 heteroatoms. The van der Waals surface area contributed by atoms with Crippen molar-refractivity contribution in [2.24, 2.45) is 0 Å². The smallest absolute Gasteiger partial charge is 0.120 e. The second kappa shape index (κ2) is 6.66. The molecule has 122 valence electrons. The van der Waals surface area contributed by atoms with Crippen LogP contribution in [0.15, 0.2) is 36.4 Å². The molecule has 1 aliphatic carbocycles. The number of benzene rings is 2. The molecule has 0 radical (unpaired) electrons. The van der Waals surface area contributed by atoms with Crippen LogP contribution < -0.4 is 9.47 Å². The van der Waals surface area contributed by atoms with Gasteiger partial charge in [0.25, 0.3) is 0 Å². The molecule has 0 fully saturated rings. The topological polar surface area (TPSA) is 18.5 Å². The van der Waals surface area contributed by atoms with Gasteiger partial charge in [-0.2, -0.15) is 0 Å². The van der Waals surface area contributed by atoms with Gasteiger partial charge in [-0.25, -0.2) is 0 Å². The largest absolute Gasteiger partial charge is 0.491 e. The molecule has 23 heavy (non-hydrogen) atoms. The summed E-state index contributed by atoms with van der Waals surface area (Å²) in [5, 5.41) is 0. The van der Waals surface area contributed by atoms with E-state index in [1.54, 1.807) is 0 Å². The van der Waals surface area contributed by atoms with Crippen molar-refractivity contribution in [3.8, 4) is 22.6 Å². The highest BCUT2D eigenvalue weighted by molar-refractivity contribution is 5.78. The van der Waals surface area contributed by atoms with Crippen LogP contribution >= 0.6 is 0 Å². The van der Waals surface area contributed by atoms with Crippen LogP contribution in [0.2, 0.25) is 0 Å². The lowest BCUT2D eigenvalue weighted by atomic mass is 10.1. The Kier molecular flexibility index (Phi) is 4.61. The van der Waals surface area contributed by atoms with E-state index in [9.17, 15) is 0 Å². The van der Waals surface area contributed by atoms with Crippen molar-refractivity contribution < 1.29 is 9.47 Å². The first-order valence-corrected chi connectivity index (χ1v) is 8.70. The summed E-state index contributed by atoms with van der Waals surface area (Å²) in [6, 6.07) is 12.9. The van der Waals surface area contributed by atoms with Gasteiger partial charge in [0.2, 0.25) is 0 Å². The van der Waals surface area contributed by atoms with Gasteiger partial charge in [0.1, 0.15) is 11.5 Å². The van der Waals surface area contributed by atoms with E-state index < -0.39 is 0 Å². The van der Waals surface area contributed by atoms with Gasteiger partial charge in [0.15, 0.2) is 0 Å². The van der Waals surface area contributed by atoms with E-state index in [0.29, 0.717) is 0 Å². The Hall–Kier alpha value is -1.96. The summed E-state index contributed by atoms with van der Waals surface area (Å²) in [7, 11) is 0. The molecule has 2 nitrogen and oxygen atoms in total. The predicted octanol–water partition coefficient (Wildman–Crippen LogP) is 5.61. The van der Waals surface area contributed by atoms with Crippen LogP contribution in [-0.2, 0) is 6.42 Å². The van der Waals surface area contributed by atoms with Crippen LogP contribution in [0.25, 0.3) is 11.1 Å². The molecule has 2 aromatic carbocycles. The molecule has 0 heterocycles. The molecule has 0 amide bonds. The highest BCUT2D eigenvalue weighted by Gasteiger charge is 2.20. The Morgan fingerprint density at radius 1 is 0.783 bits per heavy atom. The molecule has 0 bridgehead atoms. The van der Waals surface area contributed by atoms with E-state index in [1.165, 1.54) is 22.3 Å². The normalized spacial score (nSPS) is 14.8. The fourth-order valence-electron chi connectivity index (χ4n) is 2.90. The molecule has 0 aliphatic heterocycles. The molecule has 2 aromatic rings. The van der Waals surface area contributed by atoms with E-state index in [1.807, 2.05) is 0 Å². The van der Waals surface area contributed by atoms with Gasteiger partial charge in [0, 0.05) is 0 Å². The van der Waals surface area contributed by atoms with Crippen molar-refractivity contribution in [2.45, 2.75) is 59.2 Å². The van der Waals surface area contributed by atoms with Gasteiger partial charge in [0.05, 0.1) is 12.2 Å². The maximum Gasteiger partial charge on any atom is 0.120 e. The highest BCUT2D eigenvalue weighted by Crippen LogP contribution is 2.40. The molecule has 0 spiro atoms. The second-order valence-electron chi connectivity index (χ2n) is 6.49. The highest BCUT2D eigenvalue weighted by atomic mass is 16.5. The summed E-state index contributed by atoms with van der Waals surface area (Å²) in [4.78, 5) is 0. The summed E-state index contributed by atoms with van der Waals surface area (Å²) >= 11 is 0. The average Bonchev–Trinajstić information content (AvgIpc) is 2.92. The molecule has 0 saturated heterocycles. The first-order valence-electron chi connectivity index (χ1n) is 8.70. The first kappa shape index (κ1) is 15.9. The Bertz CT molecular complexity index is 631. The summed E-state index contributed by atoms with van der Waals surface area (Å²) in [6.07, 6.45) is 3.52. The van der Waals surface area contributed by atoms with Crippen molar-refractivity contribution in [3.63, 3.8) is 0 Å². The molecule has 0 N–H and O–H groups in total. The molecule has 0 saturated carbocycles. The Balaban J connectivity index is 1.90. The summed E-state index contributed by atoms with van der Waals surface area (Å²) < 4.78 is 12.0. The average molecular weight is 310 g/mol. The zero-order valence-electron chi connectivity index (χ0n) is 14.6. The van der Waals surface area contributed by atoms with Crippen molar-refractivity contribution >= 4 is 0 Å². The lowest BCUT2D eigenvalue weighted by molar-refractivity contribution is 0.217. The minimum Gasteiger partial charge on any atom is -0.491 e. The zero-order valence-corrected chi connectivity index (χ0v) is 14.6. The van der Waals surface area contributed by atoms with Crippen molar-refractivity contribution in [1.82, 2.24) is 0 Å². The van der Waals surface area contributed by atoms with Gasteiger partial charge in [-0.15, -0.1) is 0 Å². The lowest BCUT2D eigenvalue weighted by Gasteiger charge is -2.15. The van der Waals surface area contributed by atoms with E-state index in [2.05, 4.69) is 64.1 Å². The summed E-state index contributed by atoms with van der Waals surface area (Å²) in [5.74, 6) is 1.92. The van der Waals surface area contributed by atoms with Crippen LogP contribution in [0, 0.1) is 0 Å². The molecule has 2 unspecified atom stereocenters. The second-order valence-corrected chi connectivity index (χ2v) is 6.49. The minimum absolute atomic E-state index is 0.244. The van der Waals surface area contributed by atoms with E-state index in [-0.39, 0.29) is 12.2 Å². The third kappa shape index (κ3) is 3.36. The Labute approximate surface area is 139 Å². The van der Waals surface area contributed by atoms with Gasteiger partial charge in [-0.05, 0) is 79.6 Å². The SMILES string of the molecule is CCC(C)Oc1ccc2c(c1)-c1cc(OC(C)CC)ccc1C2. The number of hydrogen-bond acceptors (Lipinski definition) is 2. The van der Waals surface area contributed by atoms with Gasteiger partial charge < -0.3 is 9.47 Å². The first-order chi connectivity index (χ1) is 11.1. The van der Waals surface area contributed by atoms with Crippen LogP contribution in [0.1, 0.15) is 51.7 Å². The van der Waals surface area contributed by atoms with Crippen LogP contribution in [-0.4, -0.2) is 12.2 Å². The van der Waals surface area contributed by atoms with E-state index >= 15 is 0 Å². The Morgan fingerprint density at radius 3 is 1.61 bits per heavy atom. The van der Waals surface area contributed by atoms with Gasteiger partial charge in [-0.1, -0.05) is 26.0 Å². The molecular weight excluding hydrogens is 284 g/mol. The molecule has 0 aromatic heterocycles. The maximum absolute atomic E-state index is 5.98. The van der Waals surface area contributed by atoms with Gasteiger partial charge in [-0.3, -0.25) is 0 Å². The Morgan fingerprint density at radius 2 is 1.22 bits per heavy atom. The van der Waals surface area contributed by atoms with Crippen LogP contribution in [0.5, 0.6) is 11.5 Å². The van der Waals surface area contributed by atoms with E-state index in [4.69, 9.17) is 9.47 Å². The van der Waals surface area contributed by atoms with Gasteiger partial charge >= 0.3 is 0 Å². The quantitative estimate of drug-likeness (QED) is 0.589. The predicted molar refractivity (Wildman–Crippen MR) is 95.4 cm³/mol. The van der Waals surface area contributed by atoms with Crippen molar-refractivity contribution in [1.29, 1.82) is 0 Å². The third-order valence-electron chi connectivity index (χ3n) is 4.66. The minimum atomic E-state index is 0.244. The monoisotopic (exact) mass is 310 g/mol. The van der Waals surface area contributed by atoms with Crippen LogP contribution in [0.4, 0.5) is 0 Å². The fourth-order valence-corrected chi connectivity index (χ4v) is 2.90. The number of ether oxygens (including phenoxy) is 2. The van der Waals surface area contributed by atoms with Crippen molar-refractivity contribution in [2.75, 3.05) is 0 Å². The van der Waals surface area contributed by atoms with Crippen molar-refractivity contribution in [3.05, 3.63) is 47.5 Å². The van der Waals surface area contributed by atoms with E-state index in [0.717, 1.165) is 30.8 Å². The standard InChI is InChI=1S/C21H26O2/c1-5-14(3)22-18-9-7-16-11-17-8-10-19(23-15(4)6-2)13-21(17)20(16)12-18/h7-10,12-15H,5-6,11H2,1-4H3. The summed E-state index contributed by atoms with van der Waals surface area (Å²) in [5.41, 5.74) is 5.32. The lowest BCUT2D eigenvalue weighted by Crippen LogP contribution is -2.09. The number of hydrogen-bond donors (Lipinski definition) is 0. The summed E-state index contributed by atoms with van der Waals surface area (Å²) in [6.45, 7) is 8.51. The molecule has 2 atom stereocenters. The molecule has 3 rings (SSSR count). The number of rotatable bonds is 6. The molecule has 1 aliphatic rings.